The average molecular weight is 283 g/mol. The number of ether oxygens (including phenoxy) is 1. The number of carbonyl (C=O) groups is 1. The number of amides is 1. The molecule has 0 aliphatic carbocycles. The van der Waals surface area contributed by atoms with Crippen LogP contribution < -0.4 is 5.73 Å². The molecule has 0 bridgehead atoms. The molecule has 5 nitrogen and oxygen atoms in total. The molecule has 0 radical (unpaired) electrons. The minimum Gasteiger partial charge on any atom is -0.379 e. The molecule has 2 rings (SSSR count). The maximum Gasteiger partial charge on any atom is 0.227 e. The Bertz CT molecular complexity index is 316. The fraction of sp³-hybridized carbons (Fsp3) is 0.933. The number of morpholine rings is 1. The molecule has 3 unspecified atom stereocenters. The Morgan fingerprint density at radius 2 is 1.95 bits per heavy atom. The molecule has 116 valence electrons. The summed E-state index contributed by atoms with van der Waals surface area (Å²) in [5.41, 5.74) is 5.90. The van der Waals surface area contributed by atoms with Crippen LogP contribution in [0.5, 0.6) is 0 Å². The number of nitrogens with two attached hydrogens (primary N) is 1. The van der Waals surface area contributed by atoms with Gasteiger partial charge in [0.05, 0.1) is 19.1 Å². The van der Waals surface area contributed by atoms with E-state index in [9.17, 15) is 4.79 Å². The lowest BCUT2D eigenvalue weighted by atomic mass is 9.96. The molecular formula is C15H29N3O2. The molecular weight excluding hydrogens is 254 g/mol. The maximum absolute atomic E-state index is 12.6. The lowest BCUT2D eigenvalue weighted by Gasteiger charge is -2.41. The van der Waals surface area contributed by atoms with Crippen LogP contribution in [0.25, 0.3) is 0 Å². The van der Waals surface area contributed by atoms with E-state index in [1.807, 2.05) is 13.8 Å². The van der Waals surface area contributed by atoms with Crippen LogP contribution in [0.15, 0.2) is 0 Å². The summed E-state index contributed by atoms with van der Waals surface area (Å²) in [5, 5.41) is 0. The summed E-state index contributed by atoms with van der Waals surface area (Å²) in [5.74, 6) is 0.151. The number of hydrogen-bond acceptors (Lipinski definition) is 4. The monoisotopic (exact) mass is 283 g/mol. The summed E-state index contributed by atoms with van der Waals surface area (Å²) in [6.45, 7) is 9.36. The van der Waals surface area contributed by atoms with E-state index in [1.165, 1.54) is 6.42 Å². The lowest BCUT2D eigenvalue weighted by Crippen LogP contribution is -2.54. The van der Waals surface area contributed by atoms with Crippen molar-refractivity contribution in [1.29, 1.82) is 0 Å². The molecule has 20 heavy (non-hydrogen) atoms. The van der Waals surface area contributed by atoms with Gasteiger partial charge in [-0.05, 0) is 26.2 Å². The number of carbonyl (C=O) groups excluding carboxylic acids is 1. The van der Waals surface area contributed by atoms with E-state index >= 15 is 0 Å². The van der Waals surface area contributed by atoms with Crippen molar-refractivity contribution in [3.05, 3.63) is 0 Å². The number of likely N-dealkylation sites (tertiary alicyclic amines) is 1. The van der Waals surface area contributed by atoms with Crippen molar-refractivity contribution in [2.75, 3.05) is 39.4 Å². The first-order chi connectivity index (χ1) is 9.59. The van der Waals surface area contributed by atoms with Gasteiger partial charge >= 0.3 is 0 Å². The molecule has 3 atom stereocenters. The highest BCUT2D eigenvalue weighted by Gasteiger charge is 2.32. The summed E-state index contributed by atoms with van der Waals surface area (Å²) < 4.78 is 5.39. The van der Waals surface area contributed by atoms with Gasteiger partial charge in [0, 0.05) is 38.3 Å². The van der Waals surface area contributed by atoms with Gasteiger partial charge in [0.15, 0.2) is 0 Å². The van der Waals surface area contributed by atoms with E-state index in [-0.39, 0.29) is 17.9 Å². The van der Waals surface area contributed by atoms with E-state index in [0.29, 0.717) is 6.04 Å². The molecule has 0 aromatic carbocycles. The molecule has 2 N–H and O–H groups in total. The Labute approximate surface area is 122 Å². The SMILES string of the molecule is CC(N)C(C)C(=O)N1CCCCC1CN1CCOCC1. The van der Waals surface area contributed by atoms with Crippen LogP contribution in [0.3, 0.4) is 0 Å². The van der Waals surface area contributed by atoms with Crippen LogP contribution in [-0.4, -0.2) is 67.2 Å². The first-order valence-electron chi connectivity index (χ1n) is 7.95. The van der Waals surface area contributed by atoms with E-state index in [0.717, 1.165) is 52.2 Å². The molecule has 0 spiro atoms. The van der Waals surface area contributed by atoms with Crippen LogP contribution in [0.2, 0.25) is 0 Å². The maximum atomic E-state index is 12.6. The quantitative estimate of drug-likeness (QED) is 0.824. The second-order valence-electron chi connectivity index (χ2n) is 6.24. The summed E-state index contributed by atoms with van der Waals surface area (Å²) in [6, 6.07) is 0.281. The van der Waals surface area contributed by atoms with E-state index < -0.39 is 0 Å². The highest BCUT2D eigenvalue weighted by Crippen LogP contribution is 2.21. The fourth-order valence-electron chi connectivity index (χ4n) is 3.05. The van der Waals surface area contributed by atoms with Gasteiger partial charge in [-0.25, -0.2) is 0 Å². The Kier molecular flexibility index (Phi) is 5.81. The third kappa shape index (κ3) is 3.93. The molecule has 0 saturated carbocycles. The van der Waals surface area contributed by atoms with Gasteiger partial charge < -0.3 is 15.4 Å². The summed E-state index contributed by atoms with van der Waals surface area (Å²) >= 11 is 0. The van der Waals surface area contributed by atoms with Gasteiger partial charge in [-0.15, -0.1) is 0 Å². The van der Waals surface area contributed by atoms with Gasteiger partial charge in [0.1, 0.15) is 0 Å². The molecule has 0 aromatic heterocycles. The topological polar surface area (TPSA) is 58.8 Å². The number of rotatable bonds is 4. The van der Waals surface area contributed by atoms with E-state index in [2.05, 4.69) is 9.80 Å². The second-order valence-corrected chi connectivity index (χ2v) is 6.24. The van der Waals surface area contributed by atoms with Crippen molar-refractivity contribution in [3.63, 3.8) is 0 Å². The molecule has 2 aliphatic rings. The van der Waals surface area contributed by atoms with Crippen molar-refractivity contribution in [2.45, 2.75) is 45.2 Å². The lowest BCUT2D eigenvalue weighted by molar-refractivity contribution is -0.140. The average Bonchev–Trinajstić information content (AvgIpc) is 2.47. The zero-order valence-electron chi connectivity index (χ0n) is 12.9. The Morgan fingerprint density at radius 3 is 2.60 bits per heavy atom. The van der Waals surface area contributed by atoms with E-state index in [1.54, 1.807) is 0 Å². The van der Waals surface area contributed by atoms with Crippen LogP contribution in [-0.2, 0) is 9.53 Å². The van der Waals surface area contributed by atoms with Crippen LogP contribution in [0.1, 0.15) is 33.1 Å². The summed E-state index contributed by atoms with van der Waals surface area (Å²) in [6.07, 6.45) is 3.47. The first kappa shape index (κ1) is 15.7. The Balaban J connectivity index is 1.95. The molecule has 2 aliphatic heterocycles. The molecule has 2 heterocycles. The normalized spacial score (nSPS) is 28.1. The van der Waals surface area contributed by atoms with Crippen molar-refractivity contribution in [1.82, 2.24) is 9.80 Å². The first-order valence-corrected chi connectivity index (χ1v) is 7.95. The predicted octanol–water partition coefficient (Wildman–Crippen LogP) is 0.683. The smallest absolute Gasteiger partial charge is 0.227 e. The molecule has 0 aromatic rings. The van der Waals surface area contributed by atoms with Crippen molar-refractivity contribution in [2.24, 2.45) is 11.7 Å². The third-order valence-electron chi connectivity index (χ3n) is 4.66. The van der Waals surface area contributed by atoms with Crippen LogP contribution >= 0.6 is 0 Å². The third-order valence-corrected chi connectivity index (χ3v) is 4.66. The minimum atomic E-state index is -0.0831. The van der Waals surface area contributed by atoms with Gasteiger partial charge in [0.2, 0.25) is 5.91 Å². The van der Waals surface area contributed by atoms with E-state index in [4.69, 9.17) is 10.5 Å². The molecule has 1 amide bonds. The molecule has 2 saturated heterocycles. The summed E-state index contributed by atoms with van der Waals surface area (Å²) in [7, 11) is 0. The zero-order chi connectivity index (χ0) is 14.5. The predicted molar refractivity (Wildman–Crippen MR) is 79.4 cm³/mol. The highest BCUT2D eigenvalue weighted by molar-refractivity contribution is 5.79. The minimum absolute atomic E-state index is 0.0755. The van der Waals surface area contributed by atoms with Crippen LogP contribution in [0, 0.1) is 5.92 Å². The van der Waals surface area contributed by atoms with Gasteiger partial charge in [0.25, 0.3) is 0 Å². The largest absolute Gasteiger partial charge is 0.379 e. The molecule has 5 heteroatoms. The molecule has 2 fully saturated rings. The fourth-order valence-corrected chi connectivity index (χ4v) is 3.05. The van der Waals surface area contributed by atoms with Gasteiger partial charge in [-0.1, -0.05) is 6.92 Å². The van der Waals surface area contributed by atoms with Crippen molar-refractivity contribution >= 4 is 5.91 Å². The standard InChI is InChI=1S/C15H29N3O2/c1-12(13(2)16)15(19)18-6-4-3-5-14(18)11-17-7-9-20-10-8-17/h12-14H,3-11,16H2,1-2H3. The van der Waals surface area contributed by atoms with Crippen LogP contribution in [0.4, 0.5) is 0 Å². The summed E-state index contributed by atoms with van der Waals surface area (Å²) in [4.78, 5) is 17.1. The Hall–Kier alpha value is -0.650. The highest BCUT2D eigenvalue weighted by atomic mass is 16.5. The number of nitrogens with zero attached hydrogens (tertiary/aromatic N) is 2. The van der Waals surface area contributed by atoms with Crippen molar-refractivity contribution < 1.29 is 9.53 Å². The zero-order valence-corrected chi connectivity index (χ0v) is 12.9. The Morgan fingerprint density at radius 1 is 1.25 bits per heavy atom. The second kappa shape index (κ2) is 7.38. The van der Waals surface area contributed by atoms with Crippen molar-refractivity contribution in [3.8, 4) is 0 Å². The number of hydrogen-bond donors (Lipinski definition) is 1. The van der Waals surface area contributed by atoms with Gasteiger partial charge in [-0.3, -0.25) is 9.69 Å². The van der Waals surface area contributed by atoms with Gasteiger partial charge in [-0.2, -0.15) is 0 Å². The number of piperidine rings is 1.